The molecule has 1 amide bonds. The fourth-order valence-corrected chi connectivity index (χ4v) is 2.94. The molecule has 0 aliphatic carbocycles. The van der Waals surface area contributed by atoms with Crippen molar-refractivity contribution in [2.45, 2.75) is 6.42 Å². The number of nitrogens with zero attached hydrogens (tertiary/aromatic N) is 2. The number of nitrogens with one attached hydrogen (secondary N) is 1. The SMILES string of the molecule is COc1ccc(-c2noc(-c3ccccc3NC(=O)Cc3ccccc3)n2)cc1. The van der Waals surface area contributed by atoms with Crippen LogP contribution in [0.25, 0.3) is 22.8 Å². The second-order valence-electron chi connectivity index (χ2n) is 6.41. The molecule has 0 unspecified atom stereocenters. The van der Waals surface area contributed by atoms with Gasteiger partial charge in [0.05, 0.1) is 24.8 Å². The monoisotopic (exact) mass is 385 g/mol. The van der Waals surface area contributed by atoms with Crippen LogP contribution in [0.1, 0.15) is 5.56 Å². The fraction of sp³-hybridized carbons (Fsp3) is 0.0870. The van der Waals surface area contributed by atoms with Gasteiger partial charge in [0, 0.05) is 5.56 Å². The second kappa shape index (κ2) is 8.39. The van der Waals surface area contributed by atoms with Crippen molar-refractivity contribution in [1.82, 2.24) is 10.1 Å². The van der Waals surface area contributed by atoms with E-state index in [2.05, 4.69) is 15.5 Å². The molecule has 0 aliphatic heterocycles. The Hall–Kier alpha value is -3.93. The van der Waals surface area contributed by atoms with Crippen molar-refractivity contribution in [2.24, 2.45) is 0 Å². The molecule has 4 rings (SSSR count). The molecule has 144 valence electrons. The molecule has 0 fully saturated rings. The molecule has 0 atom stereocenters. The molecule has 3 aromatic carbocycles. The molecule has 4 aromatic rings. The van der Waals surface area contributed by atoms with E-state index in [9.17, 15) is 4.79 Å². The Labute approximate surface area is 168 Å². The highest BCUT2D eigenvalue weighted by atomic mass is 16.5. The van der Waals surface area contributed by atoms with Gasteiger partial charge in [0.2, 0.25) is 11.7 Å². The van der Waals surface area contributed by atoms with E-state index >= 15 is 0 Å². The molecule has 0 spiro atoms. The summed E-state index contributed by atoms with van der Waals surface area (Å²) in [6.45, 7) is 0. The van der Waals surface area contributed by atoms with E-state index in [-0.39, 0.29) is 12.3 Å². The Kier molecular flexibility index (Phi) is 5.33. The summed E-state index contributed by atoms with van der Waals surface area (Å²) >= 11 is 0. The Balaban J connectivity index is 1.55. The lowest BCUT2D eigenvalue weighted by Crippen LogP contribution is -2.14. The molecular formula is C23H19N3O3. The lowest BCUT2D eigenvalue weighted by Gasteiger charge is -2.08. The average Bonchev–Trinajstić information content (AvgIpc) is 3.25. The van der Waals surface area contributed by atoms with Gasteiger partial charge in [-0.15, -0.1) is 0 Å². The van der Waals surface area contributed by atoms with Crippen LogP contribution < -0.4 is 10.1 Å². The molecule has 0 radical (unpaired) electrons. The lowest BCUT2D eigenvalue weighted by molar-refractivity contribution is -0.115. The van der Waals surface area contributed by atoms with Crippen molar-refractivity contribution in [3.05, 3.63) is 84.4 Å². The Bertz CT molecular complexity index is 1110. The number of methoxy groups -OCH3 is 1. The van der Waals surface area contributed by atoms with Crippen LogP contribution in [0.2, 0.25) is 0 Å². The minimum Gasteiger partial charge on any atom is -0.497 e. The van der Waals surface area contributed by atoms with Gasteiger partial charge in [-0.05, 0) is 42.0 Å². The summed E-state index contributed by atoms with van der Waals surface area (Å²) in [5.74, 6) is 1.45. The highest BCUT2D eigenvalue weighted by Crippen LogP contribution is 2.29. The smallest absolute Gasteiger partial charge is 0.260 e. The minimum absolute atomic E-state index is 0.112. The Morgan fingerprint density at radius 3 is 2.45 bits per heavy atom. The summed E-state index contributed by atoms with van der Waals surface area (Å²) in [4.78, 5) is 17.0. The number of carbonyl (C=O) groups is 1. The number of rotatable bonds is 6. The summed E-state index contributed by atoms with van der Waals surface area (Å²) in [7, 11) is 1.62. The third-order valence-corrected chi connectivity index (χ3v) is 4.41. The van der Waals surface area contributed by atoms with E-state index in [4.69, 9.17) is 9.26 Å². The van der Waals surface area contributed by atoms with Gasteiger partial charge in [0.15, 0.2) is 0 Å². The van der Waals surface area contributed by atoms with Gasteiger partial charge in [-0.1, -0.05) is 47.6 Å². The average molecular weight is 385 g/mol. The van der Waals surface area contributed by atoms with Crippen LogP contribution in [0, 0.1) is 0 Å². The fourth-order valence-electron chi connectivity index (χ4n) is 2.94. The maximum absolute atomic E-state index is 12.5. The maximum atomic E-state index is 12.5. The molecule has 1 heterocycles. The number of hydrogen-bond acceptors (Lipinski definition) is 5. The number of aromatic nitrogens is 2. The van der Waals surface area contributed by atoms with Crippen LogP contribution in [0.5, 0.6) is 5.75 Å². The Morgan fingerprint density at radius 2 is 1.69 bits per heavy atom. The number of carbonyl (C=O) groups excluding carboxylic acids is 1. The van der Waals surface area contributed by atoms with Crippen LogP contribution in [-0.2, 0) is 11.2 Å². The van der Waals surface area contributed by atoms with Crippen molar-refractivity contribution in [1.29, 1.82) is 0 Å². The lowest BCUT2D eigenvalue weighted by atomic mass is 10.1. The van der Waals surface area contributed by atoms with Crippen LogP contribution in [0.4, 0.5) is 5.69 Å². The van der Waals surface area contributed by atoms with Crippen LogP contribution in [0.3, 0.4) is 0 Å². The van der Waals surface area contributed by atoms with E-state index in [1.165, 1.54) is 0 Å². The number of benzene rings is 3. The summed E-state index contributed by atoms with van der Waals surface area (Å²) in [5.41, 5.74) is 3.05. The molecular weight excluding hydrogens is 366 g/mol. The zero-order valence-electron chi connectivity index (χ0n) is 15.8. The van der Waals surface area contributed by atoms with Gasteiger partial charge in [0.1, 0.15) is 5.75 Å². The van der Waals surface area contributed by atoms with Crippen molar-refractivity contribution >= 4 is 11.6 Å². The third-order valence-electron chi connectivity index (χ3n) is 4.41. The summed E-state index contributed by atoms with van der Waals surface area (Å²) in [6.07, 6.45) is 0.288. The van der Waals surface area contributed by atoms with Gasteiger partial charge >= 0.3 is 0 Å². The Morgan fingerprint density at radius 1 is 0.966 bits per heavy atom. The maximum Gasteiger partial charge on any atom is 0.260 e. The predicted molar refractivity (Wildman–Crippen MR) is 110 cm³/mol. The van der Waals surface area contributed by atoms with Crippen LogP contribution >= 0.6 is 0 Å². The van der Waals surface area contributed by atoms with Crippen molar-refractivity contribution in [3.8, 4) is 28.6 Å². The van der Waals surface area contributed by atoms with Crippen LogP contribution in [0.15, 0.2) is 83.4 Å². The van der Waals surface area contributed by atoms with E-state index < -0.39 is 0 Å². The van der Waals surface area contributed by atoms with Gasteiger partial charge in [-0.25, -0.2) is 0 Å². The molecule has 6 nitrogen and oxygen atoms in total. The highest BCUT2D eigenvalue weighted by molar-refractivity contribution is 5.95. The summed E-state index contributed by atoms with van der Waals surface area (Å²) in [5, 5.41) is 7.01. The number of ether oxygens (including phenoxy) is 1. The zero-order chi connectivity index (χ0) is 20.1. The highest BCUT2D eigenvalue weighted by Gasteiger charge is 2.15. The minimum atomic E-state index is -0.112. The van der Waals surface area contributed by atoms with Crippen molar-refractivity contribution in [2.75, 3.05) is 12.4 Å². The molecule has 1 N–H and O–H groups in total. The van der Waals surface area contributed by atoms with E-state index in [0.29, 0.717) is 23.0 Å². The van der Waals surface area contributed by atoms with E-state index in [0.717, 1.165) is 16.9 Å². The molecule has 0 saturated heterocycles. The molecule has 6 heteroatoms. The number of hydrogen-bond donors (Lipinski definition) is 1. The molecule has 0 saturated carbocycles. The van der Waals surface area contributed by atoms with Gasteiger partial charge in [0.25, 0.3) is 5.89 Å². The van der Waals surface area contributed by atoms with Gasteiger partial charge in [-0.2, -0.15) is 4.98 Å². The van der Waals surface area contributed by atoms with E-state index in [1.807, 2.05) is 78.9 Å². The van der Waals surface area contributed by atoms with Crippen molar-refractivity contribution < 1.29 is 14.1 Å². The van der Waals surface area contributed by atoms with Crippen LogP contribution in [-0.4, -0.2) is 23.2 Å². The number of amides is 1. The van der Waals surface area contributed by atoms with Gasteiger partial charge in [-0.3, -0.25) is 4.79 Å². The van der Waals surface area contributed by atoms with Crippen molar-refractivity contribution in [3.63, 3.8) is 0 Å². The molecule has 29 heavy (non-hydrogen) atoms. The van der Waals surface area contributed by atoms with Gasteiger partial charge < -0.3 is 14.6 Å². The third kappa shape index (κ3) is 4.32. The summed E-state index contributed by atoms with van der Waals surface area (Å²) < 4.78 is 10.6. The standard InChI is InChI=1S/C23H19N3O3/c1-28-18-13-11-17(12-14-18)22-25-23(29-26-22)19-9-5-6-10-20(19)24-21(27)15-16-7-3-2-4-8-16/h2-14H,15H2,1H3,(H,24,27). The first-order chi connectivity index (χ1) is 14.2. The summed E-state index contributed by atoms with van der Waals surface area (Å²) in [6, 6.07) is 24.3. The topological polar surface area (TPSA) is 77.3 Å². The zero-order valence-corrected chi connectivity index (χ0v) is 15.8. The first-order valence-electron chi connectivity index (χ1n) is 9.14. The largest absolute Gasteiger partial charge is 0.497 e. The first kappa shape index (κ1) is 18.4. The van der Waals surface area contributed by atoms with E-state index in [1.54, 1.807) is 7.11 Å². The quantitative estimate of drug-likeness (QED) is 0.525. The molecule has 1 aromatic heterocycles. The number of anilines is 1. The first-order valence-corrected chi connectivity index (χ1v) is 9.14. The molecule has 0 aliphatic rings. The predicted octanol–water partition coefficient (Wildman–Crippen LogP) is 4.59. The normalized spacial score (nSPS) is 10.5. The second-order valence-corrected chi connectivity index (χ2v) is 6.41. The number of para-hydroxylation sites is 1. The molecule has 0 bridgehead atoms.